The van der Waals surface area contributed by atoms with Crippen molar-refractivity contribution < 1.29 is 14.3 Å². The van der Waals surface area contributed by atoms with Crippen LogP contribution < -0.4 is 14.8 Å². The van der Waals surface area contributed by atoms with Crippen molar-refractivity contribution in [2.75, 3.05) is 19.5 Å². The molecule has 0 radical (unpaired) electrons. The maximum absolute atomic E-state index is 11.9. The van der Waals surface area contributed by atoms with Gasteiger partial charge in [0.05, 0.1) is 14.2 Å². The third-order valence-corrected chi connectivity index (χ3v) is 3.80. The van der Waals surface area contributed by atoms with E-state index in [0.29, 0.717) is 23.7 Å². The van der Waals surface area contributed by atoms with Crippen LogP contribution in [0.15, 0.2) is 18.2 Å². The molecule has 2 aromatic rings. The number of carbonyl (C=O) groups excluding carboxylic acids is 1. The molecular formula is C15H17N3O3. The average Bonchev–Trinajstić information content (AvgIpc) is 2.86. The number of ether oxygens (including phenoxy) is 2. The Bertz CT molecular complexity index is 693. The maximum Gasteiger partial charge on any atom is 0.226 e. The second-order valence-corrected chi connectivity index (χ2v) is 5.03. The zero-order valence-corrected chi connectivity index (χ0v) is 12.2. The normalized spacial score (nSPS) is 17.1. The molecule has 1 aromatic heterocycles. The van der Waals surface area contributed by atoms with Gasteiger partial charge in [-0.2, -0.15) is 5.10 Å². The molecule has 6 heteroatoms. The minimum atomic E-state index is -0.0349. The highest BCUT2D eigenvalue weighted by atomic mass is 16.5. The number of aryl methyl sites for hydroxylation is 1. The molecule has 6 nitrogen and oxygen atoms in total. The second-order valence-electron chi connectivity index (χ2n) is 5.03. The van der Waals surface area contributed by atoms with Crippen molar-refractivity contribution >= 4 is 11.7 Å². The quantitative estimate of drug-likeness (QED) is 0.907. The Kier molecular flexibility index (Phi) is 3.29. The van der Waals surface area contributed by atoms with E-state index < -0.39 is 0 Å². The summed E-state index contributed by atoms with van der Waals surface area (Å²) >= 11 is 0. The lowest BCUT2D eigenvalue weighted by Crippen LogP contribution is -2.23. The Balaban J connectivity index is 2.08. The molecule has 1 aromatic carbocycles. The van der Waals surface area contributed by atoms with Crippen LogP contribution >= 0.6 is 0 Å². The topological polar surface area (TPSA) is 76.2 Å². The number of fused-ring (bicyclic) bond motifs is 1. The van der Waals surface area contributed by atoms with E-state index in [1.807, 2.05) is 25.1 Å². The summed E-state index contributed by atoms with van der Waals surface area (Å²) in [4.78, 5) is 11.9. The van der Waals surface area contributed by atoms with Crippen molar-refractivity contribution in [3.63, 3.8) is 0 Å². The monoisotopic (exact) mass is 287 g/mol. The van der Waals surface area contributed by atoms with Gasteiger partial charge >= 0.3 is 0 Å². The molecule has 1 unspecified atom stereocenters. The van der Waals surface area contributed by atoms with E-state index in [4.69, 9.17) is 9.47 Å². The van der Waals surface area contributed by atoms with Crippen molar-refractivity contribution in [3.8, 4) is 11.5 Å². The number of carbonyl (C=O) groups is 1. The van der Waals surface area contributed by atoms with E-state index >= 15 is 0 Å². The highest BCUT2D eigenvalue weighted by Crippen LogP contribution is 2.40. The minimum absolute atomic E-state index is 0.0335. The lowest BCUT2D eigenvalue weighted by atomic mass is 9.85. The lowest BCUT2D eigenvalue weighted by molar-refractivity contribution is -0.116. The summed E-state index contributed by atoms with van der Waals surface area (Å²) in [7, 11) is 3.20. The SMILES string of the molecule is COc1ccc(C2CC(=O)Nc3n[nH]c(C)c32)cc1OC. The number of methoxy groups -OCH3 is 2. The van der Waals surface area contributed by atoms with Gasteiger partial charge in [0.25, 0.3) is 0 Å². The van der Waals surface area contributed by atoms with Gasteiger partial charge in [-0.15, -0.1) is 0 Å². The molecular weight excluding hydrogens is 270 g/mol. The van der Waals surface area contributed by atoms with Crippen LogP contribution in [0.5, 0.6) is 11.5 Å². The molecule has 2 heterocycles. The number of aromatic amines is 1. The van der Waals surface area contributed by atoms with Gasteiger partial charge in [0.2, 0.25) is 5.91 Å². The van der Waals surface area contributed by atoms with Gasteiger partial charge in [0.15, 0.2) is 17.3 Å². The van der Waals surface area contributed by atoms with Crippen molar-refractivity contribution in [2.24, 2.45) is 0 Å². The molecule has 0 spiro atoms. The highest BCUT2D eigenvalue weighted by Gasteiger charge is 2.30. The van der Waals surface area contributed by atoms with Gasteiger partial charge in [-0.3, -0.25) is 9.89 Å². The number of aromatic nitrogens is 2. The number of rotatable bonds is 3. The molecule has 1 aliphatic rings. The van der Waals surface area contributed by atoms with Crippen LogP contribution in [0.2, 0.25) is 0 Å². The zero-order chi connectivity index (χ0) is 15.0. The van der Waals surface area contributed by atoms with Crippen molar-refractivity contribution in [2.45, 2.75) is 19.3 Å². The summed E-state index contributed by atoms with van der Waals surface area (Å²) < 4.78 is 10.6. The van der Waals surface area contributed by atoms with Gasteiger partial charge in [-0.25, -0.2) is 0 Å². The number of amides is 1. The average molecular weight is 287 g/mol. The molecule has 21 heavy (non-hydrogen) atoms. The number of anilines is 1. The van der Waals surface area contributed by atoms with Gasteiger partial charge in [0, 0.05) is 23.6 Å². The summed E-state index contributed by atoms with van der Waals surface area (Å²) in [6.45, 7) is 1.96. The summed E-state index contributed by atoms with van der Waals surface area (Å²) in [6, 6.07) is 5.73. The Morgan fingerprint density at radius 2 is 2.00 bits per heavy atom. The number of benzene rings is 1. The first-order chi connectivity index (χ1) is 10.1. The van der Waals surface area contributed by atoms with Crippen molar-refractivity contribution in [1.82, 2.24) is 10.2 Å². The van der Waals surface area contributed by atoms with E-state index in [1.165, 1.54) is 0 Å². The first-order valence-corrected chi connectivity index (χ1v) is 6.70. The van der Waals surface area contributed by atoms with Gasteiger partial charge < -0.3 is 14.8 Å². The molecule has 0 saturated heterocycles. The van der Waals surface area contributed by atoms with Crippen LogP contribution in [-0.4, -0.2) is 30.3 Å². The predicted octanol–water partition coefficient (Wildman–Crippen LogP) is 2.21. The molecule has 1 aliphatic heterocycles. The van der Waals surface area contributed by atoms with E-state index in [-0.39, 0.29) is 11.8 Å². The predicted molar refractivity (Wildman–Crippen MR) is 78.0 cm³/mol. The van der Waals surface area contributed by atoms with Crippen LogP contribution in [0.4, 0.5) is 5.82 Å². The van der Waals surface area contributed by atoms with Gasteiger partial charge in [-0.05, 0) is 24.6 Å². The second kappa shape index (κ2) is 5.12. The first-order valence-electron chi connectivity index (χ1n) is 6.70. The molecule has 1 atom stereocenters. The molecule has 3 rings (SSSR count). The Morgan fingerprint density at radius 3 is 2.71 bits per heavy atom. The number of H-pyrrole nitrogens is 1. The standard InChI is InChI=1S/C15H17N3O3/c1-8-14-10(7-13(19)16-15(14)18-17-8)9-4-5-11(20-2)12(6-9)21-3/h4-6,10H,7H2,1-3H3,(H2,16,17,18,19). The maximum atomic E-state index is 11.9. The van der Waals surface area contributed by atoms with Crippen molar-refractivity contribution in [3.05, 3.63) is 35.0 Å². The van der Waals surface area contributed by atoms with Crippen molar-refractivity contribution in [1.29, 1.82) is 0 Å². The summed E-state index contributed by atoms with van der Waals surface area (Å²) in [6.07, 6.45) is 0.392. The molecule has 0 bridgehead atoms. The zero-order valence-electron chi connectivity index (χ0n) is 12.2. The molecule has 110 valence electrons. The minimum Gasteiger partial charge on any atom is -0.493 e. The fraction of sp³-hybridized carbons (Fsp3) is 0.333. The lowest BCUT2D eigenvalue weighted by Gasteiger charge is -2.23. The van der Waals surface area contributed by atoms with Crippen LogP contribution in [0.3, 0.4) is 0 Å². The third kappa shape index (κ3) is 2.22. The van der Waals surface area contributed by atoms with E-state index in [1.54, 1.807) is 14.2 Å². The number of hydrogen-bond acceptors (Lipinski definition) is 4. The smallest absolute Gasteiger partial charge is 0.226 e. The number of nitrogens with zero attached hydrogens (tertiary/aromatic N) is 1. The van der Waals surface area contributed by atoms with E-state index in [9.17, 15) is 4.79 Å². The van der Waals surface area contributed by atoms with Gasteiger partial charge in [-0.1, -0.05) is 6.07 Å². The molecule has 1 amide bonds. The number of hydrogen-bond donors (Lipinski definition) is 2. The fourth-order valence-corrected chi connectivity index (χ4v) is 2.78. The highest BCUT2D eigenvalue weighted by molar-refractivity contribution is 5.94. The first kappa shape index (κ1) is 13.5. The van der Waals surface area contributed by atoms with E-state index in [0.717, 1.165) is 16.8 Å². The Morgan fingerprint density at radius 1 is 1.24 bits per heavy atom. The summed E-state index contributed by atoms with van der Waals surface area (Å²) in [5.74, 6) is 1.87. The Labute approximate surface area is 122 Å². The Hall–Kier alpha value is -2.50. The molecule has 2 N–H and O–H groups in total. The number of nitrogens with one attached hydrogen (secondary N) is 2. The van der Waals surface area contributed by atoms with Crippen LogP contribution in [0.25, 0.3) is 0 Å². The fourth-order valence-electron chi connectivity index (χ4n) is 2.78. The van der Waals surface area contributed by atoms with Crippen LogP contribution in [0.1, 0.15) is 29.2 Å². The van der Waals surface area contributed by atoms with E-state index in [2.05, 4.69) is 15.5 Å². The third-order valence-electron chi connectivity index (χ3n) is 3.80. The molecule has 0 saturated carbocycles. The largest absolute Gasteiger partial charge is 0.493 e. The molecule has 0 aliphatic carbocycles. The van der Waals surface area contributed by atoms with Gasteiger partial charge in [0.1, 0.15) is 0 Å². The van der Waals surface area contributed by atoms with Crippen LogP contribution in [0, 0.1) is 6.92 Å². The summed E-state index contributed by atoms with van der Waals surface area (Å²) in [5, 5.41) is 9.87. The molecule has 0 fully saturated rings. The summed E-state index contributed by atoms with van der Waals surface area (Å²) in [5.41, 5.74) is 3.00. The van der Waals surface area contributed by atoms with Crippen LogP contribution in [-0.2, 0) is 4.79 Å².